The first-order chi connectivity index (χ1) is 12.5. The molecule has 0 radical (unpaired) electrons. The lowest BCUT2D eigenvalue weighted by Crippen LogP contribution is -2.29. The largest absolute Gasteiger partial charge is 0.493 e. The number of hydrogen-bond acceptors (Lipinski definition) is 4. The monoisotopic (exact) mass is 355 g/mol. The van der Waals surface area contributed by atoms with E-state index in [9.17, 15) is 14.7 Å². The molecule has 3 rings (SSSR count). The number of hydrogen-bond donors (Lipinski definition) is 1. The highest BCUT2D eigenvalue weighted by Gasteiger charge is 2.40. The third-order valence-corrected chi connectivity index (χ3v) is 4.78. The van der Waals surface area contributed by atoms with Crippen LogP contribution in [0.15, 0.2) is 48.5 Å². The Hall–Kier alpha value is -3.02. The fraction of sp³-hybridized carbons (Fsp3) is 0.300. The van der Waals surface area contributed by atoms with Crippen molar-refractivity contribution in [3.63, 3.8) is 0 Å². The Kier molecular flexibility index (Phi) is 5.11. The number of carbonyl (C=O) groups excluding carboxylic acids is 1. The molecule has 0 spiro atoms. The number of nitrogens with zero attached hydrogens (tertiary/aromatic N) is 1. The Balaban J connectivity index is 1.86. The predicted molar refractivity (Wildman–Crippen MR) is 95.8 cm³/mol. The molecule has 0 bridgehead atoms. The Labute approximate surface area is 152 Å². The van der Waals surface area contributed by atoms with Crippen molar-refractivity contribution in [3.05, 3.63) is 59.7 Å². The summed E-state index contributed by atoms with van der Waals surface area (Å²) < 4.78 is 10.4. The van der Waals surface area contributed by atoms with Crippen LogP contribution in [0.25, 0.3) is 0 Å². The number of carboxylic acid groups (broad SMARTS) is 1. The first kappa shape index (κ1) is 17.8. The zero-order valence-electron chi connectivity index (χ0n) is 14.7. The number of carboxylic acids is 1. The molecule has 1 N–H and O–H groups in total. The molecule has 6 heteroatoms. The Morgan fingerprint density at radius 1 is 1.00 bits per heavy atom. The van der Waals surface area contributed by atoms with E-state index in [1.54, 1.807) is 23.1 Å². The minimum atomic E-state index is -0.888. The van der Waals surface area contributed by atoms with Gasteiger partial charge in [0, 0.05) is 24.6 Å². The molecule has 1 saturated heterocycles. The minimum Gasteiger partial charge on any atom is -0.493 e. The molecular formula is C20H21NO5. The zero-order chi connectivity index (χ0) is 18.7. The fourth-order valence-electron chi connectivity index (χ4n) is 3.41. The topological polar surface area (TPSA) is 76.1 Å². The molecule has 2 aromatic rings. The second-order valence-corrected chi connectivity index (χ2v) is 6.24. The molecule has 2 unspecified atom stereocenters. The Morgan fingerprint density at radius 2 is 1.69 bits per heavy atom. The maximum atomic E-state index is 12.9. The van der Waals surface area contributed by atoms with Crippen molar-refractivity contribution >= 4 is 11.9 Å². The first-order valence-corrected chi connectivity index (χ1v) is 8.34. The highest BCUT2D eigenvalue weighted by atomic mass is 16.5. The van der Waals surface area contributed by atoms with Gasteiger partial charge in [-0.25, -0.2) is 0 Å². The van der Waals surface area contributed by atoms with E-state index in [1.165, 1.54) is 14.2 Å². The standard InChI is InChI=1S/C20H21NO5/c1-25-17-9-8-14(10-18(17)26-2)19(22)21-11-15(16(12-21)20(23)24)13-6-4-3-5-7-13/h3-10,15-16H,11-12H2,1-2H3,(H,23,24). The van der Waals surface area contributed by atoms with Gasteiger partial charge < -0.3 is 19.5 Å². The average Bonchev–Trinajstić information content (AvgIpc) is 3.13. The van der Waals surface area contributed by atoms with Crippen LogP contribution >= 0.6 is 0 Å². The fourth-order valence-corrected chi connectivity index (χ4v) is 3.41. The highest BCUT2D eigenvalue weighted by molar-refractivity contribution is 5.95. The van der Waals surface area contributed by atoms with Gasteiger partial charge in [0.1, 0.15) is 0 Å². The van der Waals surface area contributed by atoms with Crippen molar-refractivity contribution in [1.29, 1.82) is 0 Å². The number of amides is 1. The molecule has 0 aliphatic carbocycles. The molecule has 0 aromatic heterocycles. The quantitative estimate of drug-likeness (QED) is 0.892. The maximum absolute atomic E-state index is 12.9. The molecule has 2 aromatic carbocycles. The normalized spacial score (nSPS) is 19.2. The van der Waals surface area contributed by atoms with Crippen LogP contribution < -0.4 is 9.47 Å². The third-order valence-electron chi connectivity index (χ3n) is 4.78. The molecule has 1 fully saturated rings. The second-order valence-electron chi connectivity index (χ2n) is 6.24. The van der Waals surface area contributed by atoms with Crippen molar-refractivity contribution in [2.24, 2.45) is 5.92 Å². The van der Waals surface area contributed by atoms with Crippen molar-refractivity contribution in [2.45, 2.75) is 5.92 Å². The van der Waals surface area contributed by atoms with Crippen molar-refractivity contribution in [3.8, 4) is 11.5 Å². The Morgan fingerprint density at radius 3 is 2.31 bits per heavy atom. The van der Waals surface area contributed by atoms with E-state index in [4.69, 9.17) is 9.47 Å². The van der Waals surface area contributed by atoms with Gasteiger partial charge in [0.25, 0.3) is 5.91 Å². The average molecular weight is 355 g/mol. The number of likely N-dealkylation sites (tertiary alicyclic amines) is 1. The van der Waals surface area contributed by atoms with Gasteiger partial charge in [-0.05, 0) is 23.8 Å². The number of ether oxygens (including phenoxy) is 2. The van der Waals surface area contributed by atoms with Crippen LogP contribution in [0, 0.1) is 5.92 Å². The van der Waals surface area contributed by atoms with Gasteiger partial charge >= 0.3 is 5.97 Å². The van der Waals surface area contributed by atoms with E-state index in [0.717, 1.165) is 5.56 Å². The molecule has 6 nitrogen and oxygen atoms in total. The van der Waals surface area contributed by atoms with E-state index in [2.05, 4.69) is 0 Å². The van der Waals surface area contributed by atoms with Gasteiger partial charge in [0.05, 0.1) is 20.1 Å². The van der Waals surface area contributed by atoms with E-state index in [0.29, 0.717) is 23.6 Å². The van der Waals surface area contributed by atoms with Crippen LogP contribution in [0.5, 0.6) is 11.5 Å². The van der Waals surface area contributed by atoms with Crippen LogP contribution in [-0.4, -0.2) is 49.2 Å². The summed E-state index contributed by atoms with van der Waals surface area (Å²) >= 11 is 0. The summed E-state index contributed by atoms with van der Waals surface area (Å²) in [6, 6.07) is 14.4. The van der Waals surface area contributed by atoms with Gasteiger partial charge in [0.2, 0.25) is 0 Å². The Bertz CT molecular complexity index is 805. The molecule has 136 valence electrons. The van der Waals surface area contributed by atoms with Crippen molar-refractivity contribution in [2.75, 3.05) is 27.3 Å². The lowest BCUT2D eigenvalue weighted by Gasteiger charge is -2.17. The van der Waals surface area contributed by atoms with Crippen molar-refractivity contribution in [1.82, 2.24) is 4.90 Å². The van der Waals surface area contributed by atoms with E-state index < -0.39 is 11.9 Å². The smallest absolute Gasteiger partial charge is 0.308 e. The molecule has 1 aliphatic heterocycles. The van der Waals surface area contributed by atoms with E-state index >= 15 is 0 Å². The first-order valence-electron chi connectivity index (χ1n) is 8.34. The predicted octanol–water partition coefficient (Wildman–Crippen LogP) is 2.64. The van der Waals surface area contributed by atoms with Gasteiger partial charge in [-0.3, -0.25) is 9.59 Å². The molecule has 1 amide bonds. The SMILES string of the molecule is COc1ccc(C(=O)N2CC(C(=O)O)C(c3ccccc3)C2)cc1OC. The third kappa shape index (κ3) is 3.35. The van der Waals surface area contributed by atoms with Gasteiger partial charge in [0.15, 0.2) is 11.5 Å². The van der Waals surface area contributed by atoms with Crippen LogP contribution in [0.1, 0.15) is 21.8 Å². The van der Waals surface area contributed by atoms with Crippen LogP contribution in [-0.2, 0) is 4.79 Å². The van der Waals surface area contributed by atoms with Gasteiger partial charge in [-0.15, -0.1) is 0 Å². The van der Waals surface area contributed by atoms with Gasteiger partial charge in [-0.2, -0.15) is 0 Å². The maximum Gasteiger partial charge on any atom is 0.308 e. The summed E-state index contributed by atoms with van der Waals surface area (Å²) in [5.41, 5.74) is 1.38. The number of aliphatic carboxylic acids is 1. The number of rotatable bonds is 5. The van der Waals surface area contributed by atoms with Crippen LogP contribution in [0.4, 0.5) is 0 Å². The number of methoxy groups -OCH3 is 2. The van der Waals surface area contributed by atoms with Crippen LogP contribution in [0.2, 0.25) is 0 Å². The second kappa shape index (κ2) is 7.47. The molecule has 2 atom stereocenters. The molecule has 0 saturated carbocycles. The summed E-state index contributed by atoms with van der Waals surface area (Å²) in [5, 5.41) is 9.59. The summed E-state index contributed by atoms with van der Waals surface area (Å²) in [6.07, 6.45) is 0. The van der Waals surface area contributed by atoms with E-state index in [1.807, 2.05) is 30.3 Å². The molecular weight excluding hydrogens is 334 g/mol. The number of benzene rings is 2. The highest BCUT2D eigenvalue weighted by Crippen LogP contribution is 2.34. The summed E-state index contributed by atoms with van der Waals surface area (Å²) in [6.45, 7) is 0.552. The molecule has 1 aliphatic rings. The minimum absolute atomic E-state index is 0.183. The zero-order valence-corrected chi connectivity index (χ0v) is 14.7. The lowest BCUT2D eigenvalue weighted by atomic mass is 9.89. The van der Waals surface area contributed by atoms with Crippen LogP contribution in [0.3, 0.4) is 0 Å². The lowest BCUT2D eigenvalue weighted by molar-refractivity contribution is -0.141. The number of carbonyl (C=O) groups is 2. The summed E-state index contributed by atoms with van der Waals surface area (Å²) in [4.78, 5) is 26.2. The van der Waals surface area contributed by atoms with E-state index in [-0.39, 0.29) is 18.4 Å². The van der Waals surface area contributed by atoms with Crippen molar-refractivity contribution < 1.29 is 24.2 Å². The molecule has 26 heavy (non-hydrogen) atoms. The summed E-state index contributed by atoms with van der Waals surface area (Å²) in [5.74, 6) is -0.945. The van der Waals surface area contributed by atoms with Gasteiger partial charge in [-0.1, -0.05) is 30.3 Å². The summed E-state index contributed by atoms with van der Waals surface area (Å²) in [7, 11) is 3.04. The molecule has 1 heterocycles.